The molecule has 0 fully saturated rings. The van der Waals surface area contributed by atoms with Crippen molar-refractivity contribution in [1.82, 2.24) is 4.98 Å². The van der Waals surface area contributed by atoms with Crippen molar-refractivity contribution in [2.45, 2.75) is 13.8 Å². The fraction of sp³-hybridized carbons (Fsp3) is 0.125. The highest BCUT2D eigenvalue weighted by molar-refractivity contribution is 5.94. The van der Waals surface area contributed by atoms with Gasteiger partial charge in [0.15, 0.2) is 5.69 Å². The molecule has 1 heterocycles. The first kappa shape index (κ1) is 12.4. The van der Waals surface area contributed by atoms with Crippen LogP contribution >= 0.6 is 0 Å². The minimum Gasteiger partial charge on any atom is -0.493 e. The van der Waals surface area contributed by atoms with E-state index in [-0.39, 0.29) is 5.88 Å². The summed E-state index contributed by atoms with van der Waals surface area (Å²) in [5.74, 6) is 0.0414. The summed E-state index contributed by atoms with van der Waals surface area (Å²) >= 11 is 0. The van der Waals surface area contributed by atoms with E-state index in [1.54, 1.807) is 0 Å². The first-order valence-corrected chi connectivity index (χ1v) is 6.44. The number of H-pyrrole nitrogens is 1. The van der Waals surface area contributed by atoms with Crippen molar-refractivity contribution >= 4 is 22.3 Å². The molecule has 0 spiro atoms. The minimum atomic E-state index is 0.0414. The van der Waals surface area contributed by atoms with E-state index in [0.29, 0.717) is 5.69 Å². The summed E-state index contributed by atoms with van der Waals surface area (Å²) in [6.45, 7) is 4.04. The van der Waals surface area contributed by atoms with E-state index in [0.717, 1.165) is 22.2 Å². The number of nitrogens with zero attached hydrogens (tertiary/aromatic N) is 2. The van der Waals surface area contributed by atoms with Gasteiger partial charge in [0.05, 0.1) is 11.2 Å². The van der Waals surface area contributed by atoms with E-state index in [1.165, 1.54) is 5.56 Å². The normalized spacial score (nSPS) is 11.5. The van der Waals surface area contributed by atoms with Crippen molar-refractivity contribution in [3.8, 4) is 5.88 Å². The predicted molar refractivity (Wildman–Crippen MR) is 80.1 cm³/mol. The van der Waals surface area contributed by atoms with Gasteiger partial charge in [-0.25, -0.2) is 0 Å². The van der Waals surface area contributed by atoms with E-state index in [1.807, 2.05) is 50.2 Å². The maximum Gasteiger partial charge on any atom is 0.218 e. The molecule has 100 valence electrons. The van der Waals surface area contributed by atoms with Crippen LogP contribution in [0.5, 0.6) is 5.88 Å². The molecule has 0 aliphatic carbocycles. The minimum absolute atomic E-state index is 0.0414. The summed E-state index contributed by atoms with van der Waals surface area (Å²) in [5, 5.41) is 19.2. The van der Waals surface area contributed by atoms with Gasteiger partial charge < -0.3 is 10.1 Å². The van der Waals surface area contributed by atoms with Crippen molar-refractivity contribution in [2.24, 2.45) is 10.2 Å². The summed E-state index contributed by atoms with van der Waals surface area (Å²) in [5.41, 5.74) is 4.38. The third kappa shape index (κ3) is 2.16. The highest BCUT2D eigenvalue weighted by Gasteiger charge is 2.09. The molecule has 0 radical (unpaired) electrons. The molecule has 1 aromatic heterocycles. The maximum absolute atomic E-state index is 9.92. The lowest BCUT2D eigenvalue weighted by molar-refractivity contribution is 0.459. The van der Waals surface area contributed by atoms with Crippen molar-refractivity contribution < 1.29 is 5.11 Å². The molecule has 20 heavy (non-hydrogen) atoms. The lowest BCUT2D eigenvalue weighted by Gasteiger charge is -1.99. The third-order valence-electron chi connectivity index (χ3n) is 3.27. The summed E-state index contributed by atoms with van der Waals surface area (Å²) in [6, 6.07) is 13.6. The lowest BCUT2D eigenvalue weighted by atomic mass is 10.1. The van der Waals surface area contributed by atoms with Crippen molar-refractivity contribution in [2.75, 3.05) is 0 Å². The Bertz CT molecular complexity index is 803. The molecule has 0 atom stereocenters. The van der Waals surface area contributed by atoms with Gasteiger partial charge in [-0.2, -0.15) is 5.11 Å². The zero-order valence-electron chi connectivity index (χ0n) is 11.4. The Labute approximate surface area is 116 Å². The van der Waals surface area contributed by atoms with Gasteiger partial charge in [-0.3, -0.25) is 0 Å². The number of nitrogens with one attached hydrogen (secondary N) is 1. The second-order valence-corrected chi connectivity index (χ2v) is 4.86. The quantitative estimate of drug-likeness (QED) is 0.636. The Balaban J connectivity index is 2.04. The SMILES string of the molecule is Cc1ccc(N=Nc2c(O)[nH]c3ccccc23)c(C)c1. The molecular formula is C16H15N3O. The number of azo groups is 1. The number of aromatic amines is 1. The fourth-order valence-electron chi connectivity index (χ4n) is 2.24. The number of hydrogen-bond acceptors (Lipinski definition) is 3. The van der Waals surface area contributed by atoms with Crippen LogP contribution in [0.4, 0.5) is 11.4 Å². The number of aryl methyl sites for hydroxylation is 2. The summed E-state index contributed by atoms with van der Waals surface area (Å²) in [4.78, 5) is 2.89. The maximum atomic E-state index is 9.92. The van der Waals surface area contributed by atoms with E-state index < -0.39 is 0 Å². The van der Waals surface area contributed by atoms with Crippen molar-refractivity contribution in [1.29, 1.82) is 0 Å². The molecule has 0 amide bonds. The molecule has 0 aliphatic rings. The Morgan fingerprint density at radius 2 is 1.80 bits per heavy atom. The largest absolute Gasteiger partial charge is 0.493 e. The number of hydrogen-bond donors (Lipinski definition) is 2. The van der Waals surface area contributed by atoms with Gasteiger partial charge in [0, 0.05) is 5.39 Å². The molecule has 3 rings (SSSR count). The van der Waals surface area contributed by atoms with Crippen LogP contribution in [0, 0.1) is 13.8 Å². The van der Waals surface area contributed by atoms with Crippen LogP contribution < -0.4 is 0 Å². The van der Waals surface area contributed by atoms with Crippen LogP contribution in [0.25, 0.3) is 10.9 Å². The molecule has 0 bridgehead atoms. The van der Waals surface area contributed by atoms with Crippen LogP contribution in [0.1, 0.15) is 11.1 Å². The van der Waals surface area contributed by atoms with Crippen molar-refractivity contribution in [3.63, 3.8) is 0 Å². The molecule has 0 aliphatic heterocycles. The number of rotatable bonds is 2. The second-order valence-electron chi connectivity index (χ2n) is 4.86. The number of aromatic nitrogens is 1. The molecule has 2 aromatic carbocycles. The molecule has 3 aromatic rings. The number of fused-ring (bicyclic) bond motifs is 1. The smallest absolute Gasteiger partial charge is 0.218 e. The molecule has 4 heteroatoms. The van der Waals surface area contributed by atoms with E-state index >= 15 is 0 Å². The van der Waals surface area contributed by atoms with Gasteiger partial charge >= 0.3 is 0 Å². The first-order chi connectivity index (χ1) is 9.65. The van der Waals surface area contributed by atoms with Gasteiger partial charge in [-0.1, -0.05) is 35.9 Å². The average Bonchev–Trinajstić information content (AvgIpc) is 2.74. The molecule has 0 saturated carbocycles. The lowest BCUT2D eigenvalue weighted by Crippen LogP contribution is -1.76. The van der Waals surface area contributed by atoms with Crippen LogP contribution in [0.15, 0.2) is 52.7 Å². The monoisotopic (exact) mass is 265 g/mol. The fourth-order valence-corrected chi connectivity index (χ4v) is 2.24. The average molecular weight is 265 g/mol. The zero-order valence-corrected chi connectivity index (χ0v) is 11.4. The number of para-hydroxylation sites is 1. The van der Waals surface area contributed by atoms with Crippen molar-refractivity contribution in [3.05, 3.63) is 53.6 Å². The third-order valence-corrected chi connectivity index (χ3v) is 3.27. The number of benzene rings is 2. The molecule has 0 saturated heterocycles. The Morgan fingerprint density at radius 3 is 2.60 bits per heavy atom. The summed E-state index contributed by atoms with van der Waals surface area (Å²) < 4.78 is 0. The predicted octanol–water partition coefficient (Wildman–Crippen LogP) is 4.91. The first-order valence-electron chi connectivity index (χ1n) is 6.44. The summed E-state index contributed by atoms with van der Waals surface area (Å²) in [7, 11) is 0. The zero-order chi connectivity index (χ0) is 14.1. The molecular weight excluding hydrogens is 250 g/mol. The van der Waals surface area contributed by atoms with Gasteiger partial charge in [0.25, 0.3) is 0 Å². The molecule has 2 N–H and O–H groups in total. The highest BCUT2D eigenvalue weighted by Crippen LogP contribution is 2.36. The summed E-state index contributed by atoms with van der Waals surface area (Å²) in [6.07, 6.45) is 0. The van der Waals surface area contributed by atoms with Gasteiger partial charge in [0.1, 0.15) is 0 Å². The second kappa shape index (κ2) is 4.81. The standard InChI is InChI=1S/C16H15N3O/c1-10-7-8-13(11(2)9-10)18-19-15-12-5-3-4-6-14(12)17-16(15)20/h3-9,17,20H,1-2H3. The van der Waals surface area contributed by atoms with Crippen LogP contribution in [-0.2, 0) is 0 Å². The van der Waals surface area contributed by atoms with Crippen LogP contribution in [-0.4, -0.2) is 10.1 Å². The Morgan fingerprint density at radius 1 is 1.00 bits per heavy atom. The van der Waals surface area contributed by atoms with Crippen LogP contribution in [0.2, 0.25) is 0 Å². The topological polar surface area (TPSA) is 60.7 Å². The van der Waals surface area contributed by atoms with E-state index in [9.17, 15) is 5.11 Å². The number of aromatic hydroxyl groups is 1. The molecule has 0 unspecified atom stereocenters. The van der Waals surface area contributed by atoms with E-state index in [4.69, 9.17) is 0 Å². The van der Waals surface area contributed by atoms with Gasteiger partial charge in [0.2, 0.25) is 5.88 Å². The van der Waals surface area contributed by atoms with Gasteiger partial charge in [-0.05, 0) is 31.5 Å². The van der Waals surface area contributed by atoms with Gasteiger partial charge in [-0.15, -0.1) is 5.11 Å². The van der Waals surface area contributed by atoms with E-state index in [2.05, 4.69) is 21.3 Å². The Kier molecular flexibility index (Phi) is 2.99. The van der Waals surface area contributed by atoms with Crippen LogP contribution in [0.3, 0.4) is 0 Å². The Hall–Kier alpha value is -2.62. The molecule has 4 nitrogen and oxygen atoms in total. The highest BCUT2D eigenvalue weighted by atomic mass is 16.3.